The summed E-state index contributed by atoms with van der Waals surface area (Å²) in [6, 6.07) is 19.5. The van der Waals surface area contributed by atoms with Crippen LogP contribution in [-0.2, 0) is 12.8 Å². The van der Waals surface area contributed by atoms with Crippen LogP contribution in [0.15, 0.2) is 78.2 Å². The molecule has 0 bridgehead atoms. The molecule has 2 aromatic heterocycles. The summed E-state index contributed by atoms with van der Waals surface area (Å²) in [7, 11) is 0. The number of nitrogens with two attached hydrogens (primary N) is 1. The van der Waals surface area contributed by atoms with Crippen molar-refractivity contribution in [1.82, 2.24) is 9.97 Å². The minimum Gasteiger partial charge on any atom is -0.494 e. The maximum atomic E-state index is 8.71. The van der Waals surface area contributed by atoms with Gasteiger partial charge in [0.15, 0.2) is 5.84 Å². The minimum absolute atomic E-state index is 0.0842. The molecule has 0 radical (unpaired) electrons. The molecule has 0 aliphatic carbocycles. The Labute approximate surface area is 221 Å². The van der Waals surface area contributed by atoms with Crippen LogP contribution in [0.3, 0.4) is 0 Å². The van der Waals surface area contributed by atoms with Gasteiger partial charge in [-0.2, -0.15) is 0 Å². The van der Waals surface area contributed by atoms with Crippen LogP contribution >= 0.6 is 11.3 Å². The van der Waals surface area contributed by atoms with Crippen LogP contribution in [0.4, 0.5) is 0 Å². The fraction of sp³-hybridized carbons (Fsp3) is 0.276. The number of oxime groups is 1. The minimum atomic E-state index is 0.0842. The number of rotatable bonds is 13. The molecule has 8 heteroatoms. The lowest BCUT2D eigenvalue weighted by Gasteiger charge is -2.09. The predicted octanol–water partition coefficient (Wildman–Crippen LogP) is 6.08. The van der Waals surface area contributed by atoms with Gasteiger partial charge < -0.3 is 20.4 Å². The highest BCUT2D eigenvalue weighted by Crippen LogP contribution is 2.31. The van der Waals surface area contributed by atoms with Crippen molar-refractivity contribution < 1.29 is 14.7 Å². The second kappa shape index (κ2) is 13.4. The molecule has 192 valence electrons. The van der Waals surface area contributed by atoms with E-state index in [4.69, 9.17) is 25.4 Å². The predicted molar refractivity (Wildman–Crippen MR) is 148 cm³/mol. The Balaban J connectivity index is 1.19. The average Bonchev–Trinajstić information content (AvgIpc) is 3.36. The molecule has 7 nitrogen and oxygen atoms in total. The molecule has 0 unspecified atom stereocenters. The lowest BCUT2D eigenvalue weighted by molar-refractivity contribution is 0.279. The van der Waals surface area contributed by atoms with E-state index in [-0.39, 0.29) is 5.84 Å². The van der Waals surface area contributed by atoms with Crippen molar-refractivity contribution in [2.45, 2.75) is 39.0 Å². The van der Waals surface area contributed by atoms with Gasteiger partial charge in [0, 0.05) is 34.8 Å². The zero-order valence-corrected chi connectivity index (χ0v) is 21.8. The number of unbranched alkanes of at least 4 members (excludes halogenated alkanes) is 2. The number of nitrogens with zero attached hydrogens (tertiary/aromatic N) is 3. The highest BCUT2D eigenvalue weighted by molar-refractivity contribution is 7.12. The number of amidine groups is 1. The summed E-state index contributed by atoms with van der Waals surface area (Å²) in [4.78, 5) is 10.4. The van der Waals surface area contributed by atoms with Crippen molar-refractivity contribution in [2.24, 2.45) is 10.9 Å². The summed E-state index contributed by atoms with van der Waals surface area (Å²) >= 11 is 1.78. The monoisotopic (exact) mass is 516 g/mol. The molecule has 0 amide bonds. The first-order valence-corrected chi connectivity index (χ1v) is 13.3. The molecule has 2 heterocycles. The number of benzene rings is 2. The molecule has 3 N–H and O–H groups in total. The van der Waals surface area contributed by atoms with Crippen molar-refractivity contribution >= 4 is 17.2 Å². The van der Waals surface area contributed by atoms with Gasteiger partial charge in [-0.3, -0.25) is 4.98 Å². The van der Waals surface area contributed by atoms with E-state index < -0.39 is 0 Å². The molecule has 0 saturated carbocycles. The first-order valence-electron chi connectivity index (χ1n) is 12.5. The SMILES string of the molecule is CCc1sc(Cc2cccnc2)nc1-c1ccc(OCCCCCOc2ccc(/C(N)=N/O)cc2)cc1. The standard InChI is InChI=1S/C29H32N4O3S/c1-2-26-28(32-27(37-26)19-21-7-6-16-31-20-21)22-8-12-24(13-9-22)35-17-4-3-5-18-36-25-14-10-23(11-15-25)29(30)33-34/h6-16,20,34H,2-5,17-19H2,1H3,(H2,30,33). The van der Waals surface area contributed by atoms with Crippen molar-refractivity contribution in [3.8, 4) is 22.8 Å². The first kappa shape index (κ1) is 26.2. The topological polar surface area (TPSA) is 103 Å². The third-order valence-corrected chi connectivity index (χ3v) is 7.05. The van der Waals surface area contributed by atoms with Crippen LogP contribution < -0.4 is 15.2 Å². The third kappa shape index (κ3) is 7.54. The van der Waals surface area contributed by atoms with Crippen molar-refractivity contribution in [3.05, 3.63) is 94.1 Å². The van der Waals surface area contributed by atoms with E-state index in [1.807, 2.05) is 36.5 Å². The maximum Gasteiger partial charge on any atom is 0.170 e. The molecule has 0 atom stereocenters. The molecular formula is C29H32N4O3S. The van der Waals surface area contributed by atoms with Crippen LogP contribution in [0.1, 0.15) is 47.2 Å². The van der Waals surface area contributed by atoms with E-state index in [1.165, 1.54) is 10.4 Å². The van der Waals surface area contributed by atoms with E-state index >= 15 is 0 Å². The van der Waals surface area contributed by atoms with E-state index in [0.717, 1.165) is 59.9 Å². The number of aromatic nitrogens is 2. The van der Waals surface area contributed by atoms with Gasteiger partial charge in [-0.1, -0.05) is 18.1 Å². The number of hydrogen-bond acceptors (Lipinski definition) is 7. The van der Waals surface area contributed by atoms with Gasteiger partial charge in [-0.15, -0.1) is 11.3 Å². The molecule has 4 aromatic rings. The van der Waals surface area contributed by atoms with Gasteiger partial charge in [0.1, 0.15) is 11.5 Å². The van der Waals surface area contributed by atoms with Gasteiger partial charge >= 0.3 is 0 Å². The maximum absolute atomic E-state index is 8.71. The third-order valence-electron chi connectivity index (χ3n) is 5.85. The largest absolute Gasteiger partial charge is 0.494 e. The molecule has 0 aliphatic rings. The zero-order chi connectivity index (χ0) is 25.9. The van der Waals surface area contributed by atoms with Crippen LogP contribution in [0.25, 0.3) is 11.3 Å². The lowest BCUT2D eigenvalue weighted by atomic mass is 10.1. The Bertz CT molecular complexity index is 1270. The fourth-order valence-corrected chi connectivity index (χ4v) is 4.93. The molecule has 0 aliphatic heterocycles. The molecule has 2 aromatic carbocycles. The molecule has 0 spiro atoms. The molecule has 0 fully saturated rings. The van der Waals surface area contributed by atoms with Crippen molar-refractivity contribution in [1.29, 1.82) is 0 Å². The summed E-state index contributed by atoms with van der Waals surface area (Å²) in [6.07, 6.45) is 8.37. The number of aryl methyl sites for hydroxylation is 1. The zero-order valence-electron chi connectivity index (χ0n) is 21.0. The van der Waals surface area contributed by atoms with E-state index in [2.05, 4.69) is 35.3 Å². The van der Waals surface area contributed by atoms with Gasteiger partial charge in [0.25, 0.3) is 0 Å². The van der Waals surface area contributed by atoms with Gasteiger partial charge in [0.05, 0.1) is 23.9 Å². The van der Waals surface area contributed by atoms with Crippen LogP contribution in [-0.4, -0.2) is 34.2 Å². The van der Waals surface area contributed by atoms with E-state index in [1.54, 1.807) is 29.7 Å². The number of pyridine rings is 1. The molecule has 4 rings (SSSR count). The van der Waals surface area contributed by atoms with Crippen molar-refractivity contribution in [3.63, 3.8) is 0 Å². The normalized spacial score (nSPS) is 11.4. The molecule has 37 heavy (non-hydrogen) atoms. The van der Waals surface area contributed by atoms with E-state index in [0.29, 0.717) is 18.8 Å². The Kier molecular flexibility index (Phi) is 9.48. The smallest absolute Gasteiger partial charge is 0.170 e. The second-order valence-corrected chi connectivity index (χ2v) is 9.73. The quantitative estimate of drug-likeness (QED) is 0.0734. The Morgan fingerprint density at radius 3 is 2.22 bits per heavy atom. The highest BCUT2D eigenvalue weighted by Gasteiger charge is 2.12. The number of hydrogen-bond donors (Lipinski definition) is 2. The summed E-state index contributed by atoms with van der Waals surface area (Å²) < 4.78 is 11.7. The Hall–Kier alpha value is -3.91. The van der Waals surface area contributed by atoms with Crippen LogP contribution in [0.5, 0.6) is 11.5 Å². The highest BCUT2D eigenvalue weighted by atomic mass is 32.1. The number of thiazole rings is 1. The molecular weight excluding hydrogens is 484 g/mol. The number of ether oxygens (including phenoxy) is 2. The summed E-state index contributed by atoms with van der Waals surface area (Å²) in [6.45, 7) is 3.47. The van der Waals surface area contributed by atoms with Gasteiger partial charge in [-0.25, -0.2) is 4.98 Å². The second-order valence-electron chi connectivity index (χ2n) is 8.56. The fourth-order valence-electron chi connectivity index (χ4n) is 3.87. The van der Waals surface area contributed by atoms with E-state index in [9.17, 15) is 0 Å². The first-order chi connectivity index (χ1) is 18.2. The Morgan fingerprint density at radius 2 is 1.62 bits per heavy atom. The lowest BCUT2D eigenvalue weighted by Crippen LogP contribution is -2.12. The van der Waals surface area contributed by atoms with Gasteiger partial charge in [0.2, 0.25) is 0 Å². The summed E-state index contributed by atoms with van der Waals surface area (Å²) in [5.74, 6) is 1.72. The van der Waals surface area contributed by atoms with Crippen LogP contribution in [0, 0.1) is 0 Å². The molecule has 0 saturated heterocycles. The van der Waals surface area contributed by atoms with Crippen LogP contribution in [0.2, 0.25) is 0 Å². The average molecular weight is 517 g/mol. The van der Waals surface area contributed by atoms with Gasteiger partial charge in [-0.05, 0) is 85.8 Å². The summed E-state index contributed by atoms with van der Waals surface area (Å²) in [5, 5.41) is 12.8. The van der Waals surface area contributed by atoms with Crippen molar-refractivity contribution in [2.75, 3.05) is 13.2 Å². The Morgan fingerprint density at radius 1 is 0.946 bits per heavy atom. The summed E-state index contributed by atoms with van der Waals surface area (Å²) in [5.41, 5.74) is 9.59.